The van der Waals surface area contributed by atoms with Crippen molar-refractivity contribution in [2.75, 3.05) is 31.9 Å². The summed E-state index contributed by atoms with van der Waals surface area (Å²) in [6, 6.07) is 3.05. The van der Waals surface area contributed by atoms with Crippen LogP contribution >= 0.6 is 11.6 Å². The second kappa shape index (κ2) is 7.00. The van der Waals surface area contributed by atoms with Crippen LogP contribution in [-0.2, 0) is 9.53 Å². The van der Waals surface area contributed by atoms with Crippen LogP contribution in [-0.4, -0.2) is 38.5 Å². The van der Waals surface area contributed by atoms with Crippen molar-refractivity contribution in [3.63, 3.8) is 0 Å². The van der Waals surface area contributed by atoms with Crippen LogP contribution in [0.4, 0.5) is 11.4 Å². The van der Waals surface area contributed by atoms with Gasteiger partial charge in [-0.05, 0) is 19.1 Å². The van der Waals surface area contributed by atoms with Crippen LogP contribution < -0.4 is 15.4 Å². The summed E-state index contributed by atoms with van der Waals surface area (Å²) in [4.78, 5) is 23.3. The maximum atomic E-state index is 11.7. The van der Waals surface area contributed by atoms with Gasteiger partial charge in [0, 0.05) is 7.05 Å². The van der Waals surface area contributed by atoms with Crippen LogP contribution in [0.5, 0.6) is 5.75 Å². The van der Waals surface area contributed by atoms with E-state index in [0.717, 1.165) is 0 Å². The number of hydrogen-bond acceptors (Lipinski definition) is 5. The van der Waals surface area contributed by atoms with Crippen LogP contribution in [0.3, 0.4) is 0 Å². The Kier molecular flexibility index (Phi) is 5.64. The number of hydrogen-bond donors (Lipinski definition) is 2. The normalized spacial score (nSPS) is 11.4. The molecule has 0 bridgehead atoms. The third-order valence-corrected chi connectivity index (χ3v) is 2.82. The second-order valence-electron chi connectivity index (χ2n) is 3.95. The van der Waals surface area contributed by atoms with Crippen LogP contribution in [0.1, 0.15) is 17.3 Å². The fourth-order valence-electron chi connectivity index (χ4n) is 1.56. The molecule has 0 aromatic heterocycles. The minimum Gasteiger partial charge on any atom is -0.494 e. The van der Waals surface area contributed by atoms with Gasteiger partial charge in [-0.3, -0.25) is 4.79 Å². The summed E-state index contributed by atoms with van der Waals surface area (Å²) in [6.45, 7) is 1.56. The number of carbonyl (C=O) groups is 2. The molecule has 0 saturated heterocycles. The molecular formula is C13H17ClN2O4. The number of esters is 1. The van der Waals surface area contributed by atoms with Gasteiger partial charge in [0.15, 0.2) is 0 Å². The molecular weight excluding hydrogens is 284 g/mol. The molecule has 0 aliphatic carbocycles. The number of anilines is 2. The van der Waals surface area contributed by atoms with Crippen molar-refractivity contribution < 1.29 is 19.1 Å². The average Bonchev–Trinajstić information content (AvgIpc) is 2.45. The highest BCUT2D eigenvalue weighted by atomic mass is 35.5. The molecule has 1 amide bonds. The molecule has 1 rings (SSSR count). The van der Waals surface area contributed by atoms with E-state index in [9.17, 15) is 9.59 Å². The Morgan fingerprint density at radius 2 is 1.95 bits per heavy atom. The number of amides is 1. The molecule has 6 nitrogen and oxygen atoms in total. The van der Waals surface area contributed by atoms with Crippen molar-refractivity contribution in [2.45, 2.75) is 12.3 Å². The maximum absolute atomic E-state index is 11.7. The van der Waals surface area contributed by atoms with E-state index < -0.39 is 11.3 Å². The Morgan fingerprint density at radius 1 is 1.30 bits per heavy atom. The van der Waals surface area contributed by atoms with Crippen LogP contribution in [0.15, 0.2) is 12.1 Å². The SMILES string of the molecule is CNc1cc(C(=O)OC)cc(OC)c1NC(=O)C(C)Cl. The molecule has 0 aliphatic heterocycles. The smallest absolute Gasteiger partial charge is 0.338 e. The lowest BCUT2D eigenvalue weighted by molar-refractivity contribution is -0.115. The first-order valence-corrected chi connectivity index (χ1v) is 6.31. The zero-order chi connectivity index (χ0) is 15.3. The molecule has 0 saturated carbocycles. The molecule has 7 heteroatoms. The first-order valence-electron chi connectivity index (χ1n) is 5.87. The van der Waals surface area contributed by atoms with E-state index in [2.05, 4.69) is 15.4 Å². The van der Waals surface area contributed by atoms with Crippen molar-refractivity contribution >= 4 is 34.9 Å². The molecule has 1 unspecified atom stereocenters. The molecule has 0 radical (unpaired) electrons. The summed E-state index contributed by atoms with van der Waals surface area (Å²) in [5, 5.41) is 4.85. The monoisotopic (exact) mass is 300 g/mol. The van der Waals surface area contributed by atoms with E-state index in [1.165, 1.54) is 20.3 Å². The number of rotatable bonds is 5. The van der Waals surface area contributed by atoms with Gasteiger partial charge in [-0.1, -0.05) is 0 Å². The largest absolute Gasteiger partial charge is 0.494 e. The highest BCUT2D eigenvalue weighted by Crippen LogP contribution is 2.34. The van der Waals surface area contributed by atoms with Crippen LogP contribution in [0, 0.1) is 0 Å². The number of alkyl halides is 1. The Balaban J connectivity index is 3.28. The molecule has 20 heavy (non-hydrogen) atoms. The highest BCUT2D eigenvalue weighted by Gasteiger charge is 2.19. The minimum absolute atomic E-state index is 0.311. The third-order valence-electron chi connectivity index (χ3n) is 2.62. The van der Waals surface area contributed by atoms with Gasteiger partial charge in [0.1, 0.15) is 16.8 Å². The van der Waals surface area contributed by atoms with Crippen molar-refractivity contribution in [3.8, 4) is 5.75 Å². The summed E-state index contributed by atoms with van der Waals surface area (Å²) in [6.07, 6.45) is 0. The first-order chi connectivity index (χ1) is 9.44. The van der Waals surface area contributed by atoms with Gasteiger partial charge in [-0.15, -0.1) is 11.6 Å². The Bertz CT molecular complexity index is 492. The van der Waals surface area contributed by atoms with Crippen molar-refractivity contribution in [1.29, 1.82) is 0 Å². The van der Waals surface area contributed by atoms with Gasteiger partial charge in [-0.2, -0.15) is 0 Å². The first kappa shape index (κ1) is 16.1. The van der Waals surface area contributed by atoms with Crippen molar-refractivity contribution in [2.24, 2.45) is 0 Å². The van der Waals surface area contributed by atoms with E-state index in [-0.39, 0.29) is 5.91 Å². The molecule has 0 heterocycles. The Hall–Kier alpha value is -1.95. The van der Waals surface area contributed by atoms with Crippen molar-refractivity contribution in [1.82, 2.24) is 0 Å². The van der Waals surface area contributed by atoms with E-state index in [1.54, 1.807) is 20.0 Å². The maximum Gasteiger partial charge on any atom is 0.338 e. The summed E-state index contributed by atoms with van der Waals surface area (Å²) in [5.74, 6) is -0.529. The van der Waals surface area contributed by atoms with Gasteiger partial charge in [0.25, 0.3) is 0 Å². The standard InChI is InChI=1S/C13H17ClN2O4/c1-7(14)12(17)16-11-9(15-2)5-8(13(18)20-4)6-10(11)19-3/h5-7,15H,1-4H3,(H,16,17). The van der Waals surface area contributed by atoms with Gasteiger partial charge >= 0.3 is 5.97 Å². The lowest BCUT2D eigenvalue weighted by atomic mass is 10.1. The number of ether oxygens (including phenoxy) is 2. The fraction of sp³-hybridized carbons (Fsp3) is 0.385. The van der Waals surface area contributed by atoms with Gasteiger partial charge < -0.3 is 20.1 Å². The predicted octanol–water partition coefficient (Wildman–Crippen LogP) is 2.09. The highest BCUT2D eigenvalue weighted by molar-refractivity contribution is 6.32. The zero-order valence-corrected chi connectivity index (χ0v) is 12.5. The molecule has 0 fully saturated rings. The minimum atomic E-state index is -0.690. The summed E-state index contributed by atoms with van der Waals surface area (Å²) in [7, 11) is 4.39. The molecule has 1 aromatic rings. The molecule has 1 aromatic carbocycles. The molecule has 0 aliphatic rings. The number of nitrogens with one attached hydrogen (secondary N) is 2. The molecule has 110 valence electrons. The number of benzene rings is 1. The van der Waals surface area contributed by atoms with E-state index >= 15 is 0 Å². The van der Waals surface area contributed by atoms with Gasteiger partial charge in [-0.25, -0.2) is 4.79 Å². The zero-order valence-electron chi connectivity index (χ0n) is 11.7. The Morgan fingerprint density at radius 3 is 2.40 bits per heavy atom. The topological polar surface area (TPSA) is 76.7 Å². The molecule has 2 N–H and O–H groups in total. The quantitative estimate of drug-likeness (QED) is 0.643. The van der Waals surface area contributed by atoms with Gasteiger partial charge in [0.05, 0.1) is 25.5 Å². The molecule has 1 atom stereocenters. The summed E-state index contributed by atoms with van der Waals surface area (Å²) >= 11 is 5.73. The van der Waals surface area contributed by atoms with Crippen LogP contribution in [0.25, 0.3) is 0 Å². The Labute approximate surface area is 122 Å². The summed E-state index contributed by atoms with van der Waals surface area (Å²) < 4.78 is 9.86. The number of carbonyl (C=O) groups excluding carboxylic acids is 2. The van der Waals surface area contributed by atoms with Gasteiger partial charge in [0.2, 0.25) is 5.91 Å². The predicted molar refractivity (Wildman–Crippen MR) is 77.8 cm³/mol. The van der Waals surface area contributed by atoms with Crippen LogP contribution in [0.2, 0.25) is 0 Å². The second-order valence-corrected chi connectivity index (χ2v) is 4.60. The molecule has 0 spiro atoms. The van der Waals surface area contributed by atoms with E-state index in [1.807, 2.05) is 0 Å². The average molecular weight is 301 g/mol. The van der Waals surface area contributed by atoms with Crippen molar-refractivity contribution in [3.05, 3.63) is 17.7 Å². The van der Waals surface area contributed by atoms with E-state index in [0.29, 0.717) is 22.7 Å². The fourth-order valence-corrected chi connectivity index (χ4v) is 1.62. The lowest BCUT2D eigenvalue weighted by Crippen LogP contribution is -2.21. The number of halogens is 1. The lowest BCUT2D eigenvalue weighted by Gasteiger charge is -2.16. The number of methoxy groups -OCH3 is 2. The summed E-state index contributed by atoms with van der Waals surface area (Å²) in [5.41, 5.74) is 1.25. The van der Waals surface area contributed by atoms with E-state index in [4.69, 9.17) is 16.3 Å². The third kappa shape index (κ3) is 3.54.